The summed E-state index contributed by atoms with van der Waals surface area (Å²) >= 11 is 0. The smallest absolute Gasteiger partial charge is 0.149 e. The zero-order valence-electron chi connectivity index (χ0n) is 10.0. The van der Waals surface area contributed by atoms with Crippen LogP contribution < -0.4 is 10.6 Å². The van der Waals surface area contributed by atoms with Gasteiger partial charge in [0.2, 0.25) is 0 Å². The van der Waals surface area contributed by atoms with Gasteiger partial charge in [-0.2, -0.15) is 0 Å². The van der Waals surface area contributed by atoms with Crippen molar-refractivity contribution in [3.8, 4) is 0 Å². The van der Waals surface area contributed by atoms with Crippen molar-refractivity contribution in [3.63, 3.8) is 0 Å². The minimum atomic E-state index is -0.572. The third-order valence-electron chi connectivity index (χ3n) is 2.72. The molecule has 0 unspecified atom stereocenters. The second-order valence-corrected chi connectivity index (χ2v) is 4.19. The molecule has 0 aliphatic carbocycles. The molecule has 0 atom stereocenters. The van der Waals surface area contributed by atoms with Gasteiger partial charge in [-0.1, -0.05) is 12.1 Å². The molecule has 0 saturated heterocycles. The number of benzene rings is 2. The van der Waals surface area contributed by atoms with E-state index in [-0.39, 0.29) is 0 Å². The minimum Gasteiger partial charge on any atom is -0.399 e. The highest BCUT2D eigenvalue weighted by molar-refractivity contribution is 5.48. The number of rotatable bonds is 3. The molecular weight excluding hydrogens is 234 g/mol. The van der Waals surface area contributed by atoms with Gasteiger partial charge in [-0.05, 0) is 29.8 Å². The fourth-order valence-electron chi connectivity index (χ4n) is 1.77. The molecule has 18 heavy (non-hydrogen) atoms. The Labute approximate surface area is 105 Å². The Morgan fingerprint density at radius 3 is 2.33 bits per heavy atom. The second-order valence-electron chi connectivity index (χ2n) is 4.19. The molecular formula is C14H14F2N2. The van der Waals surface area contributed by atoms with Gasteiger partial charge < -0.3 is 10.6 Å². The molecule has 0 bridgehead atoms. The van der Waals surface area contributed by atoms with Crippen molar-refractivity contribution in [3.05, 3.63) is 59.7 Å². The van der Waals surface area contributed by atoms with Crippen LogP contribution in [-0.4, -0.2) is 7.05 Å². The molecule has 0 heterocycles. The largest absolute Gasteiger partial charge is 0.399 e. The van der Waals surface area contributed by atoms with Gasteiger partial charge in [0.1, 0.15) is 11.6 Å². The maximum absolute atomic E-state index is 13.6. The predicted octanol–water partition coefficient (Wildman–Crippen LogP) is 3.18. The molecule has 0 fully saturated rings. The van der Waals surface area contributed by atoms with Crippen LogP contribution in [0.2, 0.25) is 0 Å². The van der Waals surface area contributed by atoms with E-state index in [4.69, 9.17) is 5.73 Å². The van der Waals surface area contributed by atoms with Crippen LogP contribution in [0.3, 0.4) is 0 Å². The van der Waals surface area contributed by atoms with Gasteiger partial charge in [0.15, 0.2) is 0 Å². The Bertz CT molecular complexity index is 538. The Balaban J connectivity index is 2.16. The number of nitrogens with two attached hydrogens (primary N) is 1. The molecule has 0 saturated carbocycles. The topological polar surface area (TPSA) is 29.3 Å². The summed E-state index contributed by atoms with van der Waals surface area (Å²) in [5.41, 5.74) is 7.66. The molecule has 0 aliphatic heterocycles. The molecule has 0 spiro atoms. The summed E-state index contributed by atoms with van der Waals surface area (Å²) in [6.45, 7) is 0.531. The quantitative estimate of drug-likeness (QED) is 0.845. The number of hydrogen-bond donors (Lipinski definition) is 1. The van der Waals surface area contributed by atoms with E-state index in [9.17, 15) is 8.78 Å². The van der Waals surface area contributed by atoms with Crippen LogP contribution in [0.4, 0.5) is 20.2 Å². The van der Waals surface area contributed by atoms with Crippen molar-refractivity contribution in [1.82, 2.24) is 0 Å². The van der Waals surface area contributed by atoms with E-state index in [2.05, 4.69) is 0 Å². The first-order valence-electron chi connectivity index (χ1n) is 5.57. The van der Waals surface area contributed by atoms with Crippen molar-refractivity contribution in [2.75, 3.05) is 17.7 Å². The van der Waals surface area contributed by atoms with E-state index in [0.29, 0.717) is 17.9 Å². The minimum absolute atomic E-state index is 0.369. The summed E-state index contributed by atoms with van der Waals surface area (Å²) < 4.78 is 26.4. The van der Waals surface area contributed by atoms with Crippen molar-refractivity contribution in [2.45, 2.75) is 6.54 Å². The van der Waals surface area contributed by atoms with Crippen molar-refractivity contribution < 1.29 is 8.78 Å². The molecule has 0 aliphatic rings. The second kappa shape index (κ2) is 5.04. The first-order valence-corrected chi connectivity index (χ1v) is 5.57. The van der Waals surface area contributed by atoms with Crippen LogP contribution in [0.25, 0.3) is 0 Å². The monoisotopic (exact) mass is 248 g/mol. The Kier molecular flexibility index (Phi) is 3.46. The van der Waals surface area contributed by atoms with Crippen LogP contribution in [0.1, 0.15) is 5.56 Å². The summed E-state index contributed by atoms with van der Waals surface area (Å²) in [5.74, 6) is -1.13. The van der Waals surface area contributed by atoms with E-state index >= 15 is 0 Å². The highest BCUT2D eigenvalue weighted by Crippen LogP contribution is 2.20. The summed E-state index contributed by atoms with van der Waals surface area (Å²) in [7, 11) is 1.76. The lowest BCUT2D eigenvalue weighted by molar-refractivity contribution is 0.581. The first-order chi connectivity index (χ1) is 8.56. The van der Waals surface area contributed by atoms with Crippen molar-refractivity contribution in [1.29, 1.82) is 0 Å². The molecule has 2 nitrogen and oxygen atoms in total. The molecule has 2 rings (SSSR count). The summed E-state index contributed by atoms with van der Waals surface area (Å²) in [5, 5.41) is 0. The number of nitrogen functional groups attached to an aromatic ring is 1. The number of nitrogens with zero attached hydrogens (tertiary/aromatic N) is 1. The molecule has 2 aromatic carbocycles. The van der Waals surface area contributed by atoms with Crippen LogP contribution in [0.5, 0.6) is 0 Å². The number of anilines is 2. The van der Waals surface area contributed by atoms with Gasteiger partial charge in [0.05, 0.1) is 5.69 Å². The van der Waals surface area contributed by atoms with E-state index in [1.165, 1.54) is 12.1 Å². The summed E-state index contributed by atoms with van der Waals surface area (Å²) in [4.78, 5) is 1.72. The zero-order chi connectivity index (χ0) is 13.1. The third-order valence-corrected chi connectivity index (χ3v) is 2.72. The number of hydrogen-bond acceptors (Lipinski definition) is 2. The summed E-state index contributed by atoms with van der Waals surface area (Å²) in [6.07, 6.45) is 0. The Morgan fingerprint density at radius 1 is 1.06 bits per heavy atom. The molecule has 94 valence electrons. The van der Waals surface area contributed by atoms with E-state index in [0.717, 1.165) is 11.6 Å². The average Bonchev–Trinajstić information content (AvgIpc) is 2.32. The standard InChI is InChI=1S/C14H14F2N2/c1-18(9-10-2-5-12(17)6-3-10)14-7-4-11(15)8-13(14)16/h2-8H,9,17H2,1H3. The maximum atomic E-state index is 13.6. The normalized spacial score (nSPS) is 10.4. The zero-order valence-corrected chi connectivity index (χ0v) is 10.0. The van der Waals surface area contributed by atoms with E-state index in [1.807, 2.05) is 12.1 Å². The number of halogens is 2. The lowest BCUT2D eigenvalue weighted by Gasteiger charge is -2.20. The van der Waals surface area contributed by atoms with Crippen LogP contribution in [0, 0.1) is 11.6 Å². The maximum Gasteiger partial charge on any atom is 0.149 e. The van der Waals surface area contributed by atoms with Crippen molar-refractivity contribution in [2.24, 2.45) is 0 Å². The van der Waals surface area contributed by atoms with Crippen LogP contribution >= 0.6 is 0 Å². The highest BCUT2D eigenvalue weighted by Gasteiger charge is 2.08. The molecule has 0 amide bonds. The van der Waals surface area contributed by atoms with Crippen LogP contribution in [0.15, 0.2) is 42.5 Å². The van der Waals surface area contributed by atoms with Crippen LogP contribution in [-0.2, 0) is 6.54 Å². The summed E-state index contributed by atoms with van der Waals surface area (Å²) in [6, 6.07) is 10.9. The van der Waals surface area contributed by atoms with Gasteiger partial charge >= 0.3 is 0 Å². The molecule has 2 aromatic rings. The lowest BCUT2D eigenvalue weighted by Crippen LogP contribution is -2.17. The predicted molar refractivity (Wildman–Crippen MR) is 69.3 cm³/mol. The lowest BCUT2D eigenvalue weighted by atomic mass is 10.2. The molecule has 2 N–H and O–H groups in total. The van der Waals surface area contributed by atoms with Gasteiger partial charge in [-0.25, -0.2) is 8.78 Å². The SMILES string of the molecule is CN(Cc1ccc(N)cc1)c1ccc(F)cc1F. The van der Waals surface area contributed by atoms with Gasteiger partial charge in [0.25, 0.3) is 0 Å². The Hall–Kier alpha value is -2.10. The Morgan fingerprint density at radius 2 is 1.72 bits per heavy atom. The van der Waals surface area contributed by atoms with Gasteiger partial charge in [-0.3, -0.25) is 0 Å². The molecule has 4 heteroatoms. The van der Waals surface area contributed by atoms with E-state index in [1.54, 1.807) is 24.1 Å². The van der Waals surface area contributed by atoms with Gasteiger partial charge in [0, 0.05) is 25.3 Å². The third kappa shape index (κ3) is 2.77. The van der Waals surface area contributed by atoms with Crippen molar-refractivity contribution >= 4 is 11.4 Å². The average molecular weight is 248 g/mol. The molecule has 0 aromatic heterocycles. The van der Waals surface area contributed by atoms with Gasteiger partial charge in [-0.15, -0.1) is 0 Å². The highest BCUT2D eigenvalue weighted by atomic mass is 19.1. The fourth-order valence-corrected chi connectivity index (χ4v) is 1.77. The first kappa shape index (κ1) is 12.4. The van der Waals surface area contributed by atoms with E-state index < -0.39 is 11.6 Å². The molecule has 0 radical (unpaired) electrons. The fraction of sp³-hybridized carbons (Fsp3) is 0.143.